The fraction of sp³-hybridized carbons (Fsp3) is 0.438. The number of fused-ring (bicyclic) bond motifs is 1. The van der Waals surface area contributed by atoms with E-state index in [1.165, 1.54) is 48.1 Å². The van der Waals surface area contributed by atoms with Gasteiger partial charge in [0.1, 0.15) is 0 Å². The maximum atomic E-state index is 4.47. The van der Waals surface area contributed by atoms with Crippen LogP contribution in [0.2, 0.25) is 0 Å². The molecule has 0 radical (unpaired) electrons. The lowest BCUT2D eigenvalue weighted by atomic mass is 10.2. The van der Waals surface area contributed by atoms with Crippen LogP contribution in [0.3, 0.4) is 0 Å². The van der Waals surface area contributed by atoms with E-state index in [0.717, 1.165) is 10.4 Å². The van der Waals surface area contributed by atoms with Crippen LogP contribution in [0.4, 0.5) is 0 Å². The second kappa shape index (κ2) is 7.81. The molecule has 1 heterocycles. The van der Waals surface area contributed by atoms with Crippen molar-refractivity contribution < 1.29 is 0 Å². The standard InChI is InChI=1S/C16H21NS2/c1-2-3-4-5-6-12-19-15-10-9-14(18)16-13(15)8-7-11-17-16/h7-11,18H,2-6,12H2,1H3. The molecule has 0 saturated heterocycles. The van der Waals surface area contributed by atoms with Crippen LogP contribution in [0.1, 0.15) is 39.0 Å². The summed E-state index contributed by atoms with van der Waals surface area (Å²) in [6, 6.07) is 8.36. The van der Waals surface area contributed by atoms with Crippen molar-refractivity contribution >= 4 is 35.3 Å². The molecule has 0 amide bonds. The molecular weight excluding hydrogens is 270 g/mol. The molecule has 0 fully saturated rings. The van der Waals surface area contributed by atoms with E-state index in [1.807, 2.05) is 24.0 Å². The first-order valence-electron chi connectivity index (χ1n) is 7.02. The summed E-state index contributed by atoms with van der Waals surface area (Å²) in [7, 11) is 0. The van der Waals surface area contributed by atoms with Gasteiger partial charge in [-0.2, -0.15) is 0 Å². The van der Waals surface area contributed by atoms with Gasteiger partial charge in [0.15, 0.2) is 0 Å². The number of pyridine rings is 1. The molecule has 102 valence electrons. The summed E-state index contributed by atoms with van der Waals surface area (Å²) in [5, 5.41) is 1.23. The third kappa shape index (κ3) is 4.15. The molecule has 0 aliphatic carbocycles. The molecule has 1 aromatic heterocycles. The summed E-state index contributed by atoms with van der Waals surface area (Å²) in [6.07, 6.45) is 8.53. The Balaban J connectivity index is 1.96. The first-order chi connectivity index (χ1) is 9.33. The van der Waals surface area contributed by atoms with E-state index in [9.17, 15) is 0 Å². The van der Waals surface area contributed by atoms with Crippen LogP contribution in [0.25, 0.3) is 10.9 Å². The van der Waals surface area contributed by atoms with Gasteiger partial charge in [-0.25, -0.2) is 0 Å². The van der Waals surface area contributed by atoms with E-state index in [-0.39, 0.29) is 0 Å². The van der Waals surface area contributed by atoms with Gasteiger partial charge in [-0.1, -0.05) is 38.7 Å². The van der Waals surface area contributed by atoms with Crippen LogP contribution < -0.4 is 0 Å². The molecule has 0 spiro atoms. The Kier molecular flexibility index (Phi) is 6.05. The lowest BCUT2D eigenvalue weighted by molar-refractivity contribution is 0.659. The lowest BCUT2D eigenvalue weighted by Gasteiger charge is -2.07. The monoisotopic (exact) mass is 291 g/mol. The number of hydrogen-bond donors (Lipinski definition) is 1. The molecule has 2 rings (SSSR count). The van der Waals surface area contributed by atoms with Crippen LogP contribution >= 0.6 is 24.4 Å². The molecule has 0 N–H and O–H groups in total. The lowest BCUT2D eigenvalue weighted by Crippen LogP contribution is -1.86. The minimum Gasteiger partial charge on any atom is -0.255 e. The SMILES string of the molecule is CCCCCCCSc1ccc(S)c2ncccc12. The van der Waals surface area contributed by atoms with Gasteiger partial charge in [0, 0.05) is 21.4 Å². The van der Waals surface area contributed by atoms with E-state index in [1.54, 1.807) is 0 Å². The summed E-state index contributed by atoms with van der Waals surface area (Å²) in [5.41, 5.74) is 1.02. The van der Waals surface area contributed by atoms with Gasteiger partial charge >= 0.3 is 0 Å². The molecule has 1 nitrogen and oxygen atoms in total. The Hall–Kier alpha value is -0.670. The second-order valence-electron chi connectivity index (χ2n) is 4.75. The number of nitrogens with zero attached hydrogens (tertiary/aromatic N) is 1. The highest BCUT2D eigenvalue weighted by atomic mass is 32.2. The van der Waals surface area contributed by atoms with E-state index < -0.39 is 0 Å². The van der Waals surface area contributed by atoms with Crippen LogP contribution in [-0.4, -0.2) is 10.7 Å². The average molecular weight is 291 g/mol. The van der Waals surface area contributed by atoms with Crippen molar-refractivity contribution in [1.29, 1.82) is 0 Å². The zero-order valence-corrected chi connectivity index (χ0v) is 13.1. The van der Waals surface area contributed by atoms with E-state index >= 15 is 0 Å². The molecule has 0 unspecified atom stereocenters. The van der Waals surface area contributed by atoms with Crippen LogP contribution in [0.15, 0.2) is 40.3 Å². The Bertz CT molecular complexity index is 525. The second-order valence-corrected chi connectivity index (χ2v) is 6.36. The molecule has 0 atom stereocenters. The Morgan fingerprint density at radius 2 is 1.95 bits per heavy atom. The Morgan fingerprint density at radius 1 is 1.11 bits per heavy atom. The summed E-state index contributed by atoms with van der Waals surface area (Å²) in [5.74, 6) is 1.19. The Morgan fingerprint density at radius 3 is 2.79 bits per heavy atom. The van der Waals surface area contributed by atoms with E-state index in [4.69, 9.17) is 0 Å². The third-order valence-corrected chi connectivity index (χ3v) is 4.73. The molecular formula is C16H21NS2. The fourth-order valence-electron chi connectivity index (χ4n) is 2.15. The van der Waals surface area contributed by atoms with Crippen molar-refractivity contribution in [2.45, 2.75) is 48.8 Å². The molecule has 1 aromatic carbocycles. The van der Waals surface area contributed by atoms with Crippen molar-refractivity contribution in [1.82, 2.24) is 4.98 Å². The molecule has 0 aliphatic rings. The number of hydrogen-bond acceptors (Lipinski definition) is 3. The summed E-state index contributed by atoms with van der Waals surface area (Å²) in [6.45, 7) is 2.26. The minimum absolute atomic E-state index is 0.961. The largest absolute Gasteiger partial charge is 0.255 e. The number of thiol groups is 1. The molecule has 2 aromatic rings. The normalized spacial score (nSPS) is 11.1. The molecule has 0 bridgehead atoms. The van der Waals surface area contributed by atoms with Gasteiger partial charge in [0.2, 0.25) is 0 Å². The van der Waals surface area contributed by atoms with Gasteiger partial charge in [-0.05, 0) is 30.4 Å². The third-order valence-electron chi connectivity index (χ3n) is 3.21. The van der Waals surface area contributed by atoms with Crippen LogP contribution in [0.5, 0.6) is 0 Å². The zero-order chi connectivity index (χ0) is 13.5. The Labute approximate surface area is 125 Å². The predicted octanol–water partition coefficient (Wildman–Crippen LogP) is 5.59. The number of rotatable bonds is 7. The number of aromatic nitrogens is 1. The fourth-order valence-corrected chi connectivity index (χ4v) is 3.45. The summed E-state index contributed by atoms with van der Waals surface area (Å²) in [4.78, 5) is 6.71. The first-order valence-corrected chi connectivity index (χ1v) is 8.45. The minimum atomic E-state index is 0.961. The highest BCUT2D eigenvalue weighted by molar-refractivity contribution is 7.99. The van der Waals surface area contributed by atoms with E-state index in [2.05, 4.69) is 42.7 Å². The van der Waals surface area contributed by atoms with Crippen LogP contribution in [-0.2, 0) is 0 Å². The zero-order valence-electron chi connectivity index (χ0n) is 11.4. The van der Waals surface area contributed by atoms with Gasteiger partial charge < -0.3 is 0 Å². The quantitative estimate of drug-likeness (QED) is 0.406. The van der Waals surface area contributed by atoms with Crippen molar-refractivity contribution in [3.63, 3.8) is 0 Å². The average Bonchev–Trinajstić information content (AvgIpc) is 2.45. The van der Waals surface area contributed by atoms with Crippen molar-refractivity contribution in [2.75, 3.05) is 5.75 Å². The van der Waals surface area contributed by atoms with Crippen LogP contribution in [0, 0.1) is 0 Å². The van der Waals surface area contributed by atoms with Gasteiger partial charge in [0.05, 0.1) is 5.52 Å². The van der Waals surface area contributed by atoms with Crippen molar-refractivity contribution in [2.24, 2.45) is 0 Å². The first kappa shape index (κ1) is 14.7. The van der Waals surface area contributed by atoms with Gasteiger partial charge in [-0.3, -0.25) is 4.98 Å². The number of thioether (sulfide) groups is 1. The molecule has 3 heteroatoms. The topological polar surface area (TPSA) is 12.9 Å². The maximum absolute atomic E-state index is 4.47. The van der Waals surface area contributed by atoms with E-state index in [0.29, 0.717) is 0 Å². The van der Waals surface area contributed by atoms with Crippen molar-refractivity contribution in [3.05, 3.63) is 30.5 Å². The molecule has 0 saturated carbocycles. The maximum Gasteiger partial charge on any atom is 0.0846 e. The van der Waals surface area contributed by atoms with Gasteiger partial charge in [0.25, 0.3) is 0 Å². The number of benzene rings is 1. The van der Waals surface area contributed by atoms with Crippen molar-refractivity contribution in [3.8, 4) is 0 Å². The summed E-state index contributed by atoms with van der Waals surface area (Å²) >= 11 is 6.42. The number of unbranched alkanes of at least 4 members (excludes halogenated alkanes) is 4. The highest BCUT2D eigenvalue weighted by Crippen LogP contribution is 2.31. The van der Waals surface area contributed by atoms with Gasteiger partial charge in [-0.15, -0.1) is 24.4 Å². The summed E-state index contributed by atoms with van der Waals surface area (Å²) < 4.78 is 0. The highest BCUT2D eigenvalue weighted by Gasteiger charge is 2.04. The molecule has 0 aliphatic heterocycles. The predicted molar refractivity (Wildman–Crippen MR) is 88.5 cm³/mol. The molecule has 19 heavy (non-hydrogen) atoms. The smallest absolute Gasteiger partial charge is 0.0846 e.